The molecule has 2 rings (SSSR count). The van der Waals surface area contributed by atoms with Crippen molar-refractivity contribution in [3.63, 3.8) is 0 Å². The normalized spacial score (nSPS) is 20.0. The smallest absolute Gasteiger partial charge is 0.232 e. The number of nitrogens with one attached hydrogen (secondary N) is 1. The van der Waals surface area contributed by atoms with Crippen LogP contribution in [0.4, 0.5) is 5.95 Å². The molecular weight excluding hydrogens is 260 g/mol. The van der Waals surface area contributed by atoms with Gasteiger partial charge >= 0.3 is 0 Å². The van der Waals surface area contributed by atoms with Gasteiger partial charge in [-0.25, -0.2) is 9.97 Å². The Bertz CT molecular complexity index is 480. The van der Waals surface area contributed by atoms with Crippen molar-refractivity contribution in [2.75, 3.05) is 25.6 Å². The minimum absolute atomic E-state index is 0.0244. The zero-order valence-corrected chi connectivity index (χ0v) is 11.6. The molecular formula is C13H18N4O3. The molecule has 0 aliphatic carbocycles. The van der Waals surface area contributed by atoms with Crippen molar-refractivity contribution in [2.24, 2.45) is 5.92 Å². The lowest BCUT2D eigenvalue weighted by Gasteiger charge is -2.23. The molecule has 0 unspecified atom stereocenters. The summed E-state index contributed by atoms with van der Waals surface area (Å²) in [5.41, 5.74) is 0. The second kappa shape index (κ2) is 6.42. The number of hydrogen-bond acceptors (Lipinski definition) is 5. The Morgan fingerprint density at radius 1 is 1.55 bits per heavy atom. The van der Waals surface area contributed by atoms with Crippen molar-refractivity contribution in [1.82, 2.24) is 14.9 Å². The maximum Gasteiger partial charge on any atom is 0.232 e. The Labute approximate surface area is 117 Å². The summed E-state index contributed by atoms with van der Waals surface area (Å²) < 4.78 is 5.04. The Kier molecular flexibility index (Phi) is 4.62. The zero-order chi connectivity index (χ0) is 14.5. The van der Waals surface area contributed by atoms with E-state index in [1.807, 2.05) is 6.92 Å². The van der Waals surface area contributed by atoms with Crippen molar-refractivity contribution in [1.29, 1.82) is 0 Å². The Balaban J connectivity index is 1.94. The van der Waals surface area contributed by atoms with E-state index < -0.39 is 0 Å². The minimum Gasteiger partial charge on any atom is -0.383 e. The van der Waals surface area contributed by atoms with Gasteiger partial charge in [-0.2, -0.15) is 0 Å². The van der Waals surface area contributed by atoms with Crippen LogP contribution in [0, 0.1) is 5.92 Å². The molecule has 1 fully saturated rings. The maximum atomic E-state index is 12.1. The molecule has 0 bridgehead atoms. The van der Waals surface area contributed by atoms with Gasteiger partial charge in [0.2, 0.25) is 17.8 Å². The van der Waals surface area contributed by atoms with E-state index in [0.29, 0.717) is 13.2 Å². The third-order valence-corrected chi connectivity index (χ3v) is 3.27. The lowest BCUT2D eigenvalue weighted by atomic mass is 10.1. The molecule has 1 aromatic rings. The molecule has 0 radical (unpaired) electrons. The van der Waals surface area contributed by atoms with E-state index in [9.17, 15) is 9.59 Å². The molecule has 1 N–H and O–H groups in total. The van der Waals surface area contributed by atoms with Crippen molar-refractivity contribution in [3.8, 4) is 0 Å². The molecule has 1 aliphatic heterocycles. The Hall–Kier alpha value is -2.02. The highest BCUT2D eigenvalue weighted by Gasteiger charge is 2.36. The number of amides is 2. The van der Waals surface area contributed by atoms with Gasteiger partial charge in [-0.1, -0.05) is 0 Å². The highest BCUT2D eigenvalue weighted by Crippen LogP contribution is 2.21. The van der Waals surface area contributed by atoms with Crippen LogP contribution in [0.5, 0.6) is 0 Å². The van der Waals surface area contributed by atoms with Crippen molar-refractivity contribution in [2.45, 2.75) is 19.4 Å². The number of ether oxygens (including phenoxy) is 1. The molecule has 7 heteroatoms. The number of hydrogen-bond donors (Lipinski definition) is 1. The average Bonchev–Trinajstić information content (AvgIpc) is 2.82. The topological polar surface area (TPSA) is 84.4 Å². The van der Waals surface area contributed by atoms with E-state index in [4.69, 9.17) is 4.74 Å². The summed E-state index contributed by atoms with van der Waals surface area (Å²) >= 11 is 0. The molecule has 7 nitrogen and oxygen atoms in total. The van der Waals surface area contributed by atoms with Gasteiger partial charge in [0.05, 0.1) is 18.6 Å². The lowest BCUT2D eigenvalue weighted by Crippen LogP contribution is -2.38. The number of carbonyl (C=O) groups excluding carboxylic acids is 2. The first kappa shape index (κ1) is 14.4. The van der Waals surface area contributed by atoms with Gasteiger partial charge in [-0.3, -0.25) is 14.9 Å². The monoisotopic (exact) mass is 278 g/mol. The molecule has 0 aromatic carbocycles. The first-order valence-electron chi connectivity index (χ1n) is 6.48. The molecule has 0 saturated carbocycles. The van der Waals surface area contributed by atoms with Gasteiger partial charge < -0.3 is 9.64 Å². The van der Waals surface area contributed by atoms with Crippen molar-refractivity contribution >= 4 is 17.8 Å². The number of likely N-dealkylation sites (tertiary alicyclic amines) is 1. The molecule has 2 heterocycles. The first-order valence-corrected chi connectivity index (χ1v) is 6.48. The van der Waals surface area contributed by atoms with Gasteiger partial charge in [-0.05, 0) is 13.0 Å². The third-order valence-electron chi connectivity index (χ3n) is 3.27. The highest BCUT2D eigenvalue weighted by atomic mass is 16.5. The maximum absolute atomic E-state index is 12.1. The summed E-state index contributed by atoms with van der Waals surface area (Å²) in [6, 6.07) is 1.64. The van der Waals surface area contributed by atoms with Crippen molar-refractivity contribution < 1.29 is 14.3 Å². The number of carbonyl (C=O) groups is 2. The standard InChI is InChI=1S/C13H18N4O3/c1-9(8-20-2)17-7-10(6-11(17)18)12(19)16-13-14-4-3-5-15-13/h3-5,9-10H,6-8H2,1-2H3,(H,14,15,16,19)/t9-,10+/m0/s1. The van der Waals surface area contributed by atoms with Crippen LogP contribution in [-0.4, -0.2) is 53.0 Å². The zero-order valence-electron chi connectivity index (χ0n) is 11.6. The summed E-state index contributed by atoms with van der Waals surface area (Å²) in [7, 11) is 1.59. The van der Waals surface area contributed by atoms with Crippen LogP contribution in [0.25, 0.3) is 0 Å². The van der Waals surface area contributed by atoms with Crippen LogP contribution in [0.2, 0.25) is 0 Å². The fourth-order valence-corrected chi connectivity index (χ4v) is 2.24. The SMILES string of the molecule is COC[C@H](C)N1C[C@H](C(=O)Nc2ncccn2)CC1=O. The van der Waals surface area contributed by atoms with Crippen LogP contribution in [-0.2, 0) is 14.3 Å². The van der Waals surface area contributed by atoms with Crippen molar-refractivity contribution in [3.05, 3.63) is 18.5 Å². The molecule has 2 atom stereocenters. The van der Waals surface area contributed by atoms with Crippen LogP contribution >= 0.6 is 0 Å². The predicted octanol–water partition coefficient (Wildman–Crippen LogP) is 0.299. The average molecular weight is 278 g/mol. The largest absolute Gasteiger partial charge is 0.383 e. The number of nitrogens with zero attached hydrogens (tertiary/aromatic N) is 3. The van der Waals surface area contributed by atoms with E-state index in [-0.39, 0.29) is 36.1 Å². The number of methoxy groups -OCH3 is 1. The van der Waals surface area contributed by atoms with E-state index in [1.54, 1.807) is 30.5 Å². The van der Waals surface area contributed by atoms with Crippen LogP contribution < -0.4 is 5.32 Å². The fraction of sp³-hybridized carbons (Fsp3) is 0.538. The number of anilines is 1. The molecule has 20 heavy (non-hydrogen) atoms. The van der Waals surface area contributed by atoms with Crippen LogP contribution in [0.15, 0.2) is 18.5 Å². The third kappa shape index (κ3) is 3.30. The molecule has 1 saturated heterocycles. The summed E-state index contributed by atoms with van der Waals surface area (Å²) in [5, 5.41) is 2.62. The van der Waals surface area contributed by atoms with Gasteiger partial charge in [0.1, 0.15) is 0 Å². The lowest BCUT2D eigenvalue weighted by molar-refractivity contribution is -0.130. The van der Waals surface area contributed by atoms with Gasteiger partial charge in [0.25, 0.3) is 0 Å². The van der Waals surface area contributed by atoms with E-state index >= 15 is 0 Å². The van der Waals surface area contributed by atoms with Gasteiger partial charge in [0.15, 0.2) is 0 Å². The van der Waals surface area contributed by atoms with E-state index in [2.05, 4.69) is 15.3 Å². The van der Waals surface area contributed by atoms with Gasteiger partial charge in [-0.15, -0.1) is 0 Å². The summed E-state index contributed by atoms with van der Waals surface area (Å²) in [4.78, 5) is 33.5. The number of aromatic nitrogens is 2. The minimum atomic E-state index is -0.370. The van der Waals surface area contributed by atoms with Gasteiger partial charge in [0, 0.05) is 32.5 Å². The molecule has 0 spiro atoms. The van der Waals surface area contributed by atoms with E-state index in [0.717, 1.165) is 0 Å². The summed E-state index contributed by atoms with van der Waals surface area (Å²) in [6.45, 7) is 2.77. The Morgan fingerprint density at radius 2 is 2.25 bits per heavy atom. The highest BCUT2D eigenvalue weighted by molar-refractivity contribution is 5.96. The second-order valence-electron chi connectivity index (χ2n) is 4.81. The van der Waals surface area contributed by atoms with Crippen LogP contribution in [0.3, 0.4) is 0 Å². The predicted molar refractivity (Wildman–Crippen MR) is 71.8 cm³/mol. The fourth-order valence-electron chi connectivity index (χ4n) is 2.24. The summed E-state index contributed by atoms with van der Waals surface area (Å²) in [6.07, 6.45) is 3.32. The Morgan fingerprint density at radius 3 is 2.90 bits per heavy atom. The molecule has 108 valence electrons. The van der Waals surface area contributed by atoms with E-state index in [1.165, 1.54) is 0 Å². The molecule has 1 aliphatic rings. The second-order valence-corrected chi connectivity index (χ2v) is 4.81. The summed E-state index contributed by atoms with van der Waals surface area (Å²) in [5.74, 6) is -0.362. The quantitative estimate of drug-likeness (QED) is 0.837. The first-order chi connectivity index (χ1) is 9.61. The van der Waals surface area contributed by atoms with Crippen LogP contribution in [0.1, 0.15) is 13.3 Å². The molecule has 2 amide bonds. The molecule has 1 aromatic heterocycles. The number of rotatable bonds is 5.